The molecule has 60 valence electrons. The molecule has 1 aromatic heterocycles. The molecular formula is C7H6F3N. The number of aryl methyl sites for hydroxylation is 1. The molecule has 0 N–H and O–H groups in total. The van der Waals surface area contributed by atoms with Crippen LogP contribution in [0.5, 0.6) is 0 Å². The lowest BCUT2D eigenvalue weighted by molar-refractivity contribution is 0.433. The van der Waals surface area contributed by atoms with Gasteiger partial charge in [0.2, 0.25) is 0 Å². The molecule has 1 nitrogen and oxygen atoms in total. The summed E-state index contributed by atoms with van der Waals surface area (Å²) in [6.45, 7) is 1.61. The Bertz CT molecular complexity index is 273. The van der Waals surface area contributed by atoms with E-state index in [0.29, 0.717) is 6.20 Å². The van der Waals surface area contributed by atoms with Crippen molar-refractivity contribution in [2.24, 2.45) is 0 Å². The third kappa shape index (κ3) is 1.34. The van der Waals surface area contributed by atoms with Gasteiger partial charge in [0.25, 0.3) is 0 Å². The first-order chi connectivity index (χ1) is 5.16. The summed E-state index contributed by atoms with van der Waals surface area (Å²) in [6.07, 6.45) is 0.931. The molecule has 0 atom stereocenters. The number of pyridine rings is 1. The van der Waals surface area contributed by atoms with Crippen LogP contribution in [0.1, 0.15) is 12.6 Å². The minimum atomic E-state index is -1.45. The van der Waals surface area contributed by atoms with E-state index in [9.17, 15) is 13.2 Å². The lowest BCUT2D eigenvalue weighted by Crippen LogP contribution is -1.99. The predicted octanol–water partition coefficient (Wildman–Crippen LogP) is 2.06. The number of aromatic nitrogens is 1. The highest BCUT2D eigenvalue weighted by molar-refractivity contribution is 5.10. The third-order valence-electron chi connectivity index (χ3n) is 1.32. The second kappa shape index (κ2) is 2.90. The van der Waals surface area contributed by atoms with Crippen LogP contribution in [0.2, 0.25) is 0 Å². The number of halogens is 3. The van der Waals surface area contributed by atoms with Gasteiger partial charge in [-0.15, -0.1) is 0 Å². The molecule has 0 radical (unpaired) electrons. The lowest BCUT2D eigenvalue weighted by Gasteiger charge is -1.98. The first kappa shape index (κ1) is 8.04. The van der Waals surface area contributed by atoms with Gasteiger partial charge in [-0.1, -0.05) is 6.92 Å². The maximum Gasteiger partial charge on any atom is 0.197 e. The molecule has 0 amide bonds. The maximum absolute atomic E-state index is 12.6. The first-order valence-electron chi connectivity index (χ1n) is 3.15. The molecule has 0 spiro atoms. The molecule has 0 fully saturated rings. The molecule has 0 aliphatic carbocycles. The highest BCUT2D eigenvalue weighted by Crippen LogP contribution is 2.12. The molecule has 1 rings (SSSR count). The Kier molecular flexibility index (Phi) is 2.12. The Labute approximate surface area is 61.9 Å². The van der Waals surface area contributed by atoms with Crippen LogP contribution in [0, 0.1) is 17.5 Å². The summed E-state index contributed by atoms with van der Waals surface area (Å²) < 4.78 is 37.2. The fourth-order valence-electron chi connectivity index (χ4n) is 0.726. The van der Waals surface area contributed by atoms with E-state index in [4.69, 9.17) is 0 Å². The average molecular weight is 161 g/mol. The predicted molar refractivity (Wildman–Crippen MR) is 33.5 cm³/mol. The van der Waals surface area contributed by atoms with Crippen molar-refractivity contribution in [2.45, 2.75) is 13.3 Å². The van der Waals surface area contributed by atoms with Crippen molar-refractivity contribution in [3.8, 4) is 0 Å². The Morgan fingerprint density at radius 1 is 1.27 bits per heavy atom. The molecule has 0 saturated carbocycles. The van der Waals surface area contributed by atoms with Crippen molar-refractivity contribution in [3.05, 3.63) is 29.3 Å². The van der Waals surface area contributed by atoms with Gasteiger partial charge in [-0.05, 0) is 6.42 Å². The zero-order valence-electron chi connectivity index (χ0n) is 5.87. The van der Waals surface area contributed by atoms with Crippen LogP contribution < -0.4 is 0 Å². The minimum absolute atomic E-state index is 0.0519. The Morgan fingerprint density at radius 3 is 2.45 bits per heavy atom. The second-order valence-corrected chi connectivity index (χ2v) is 2.03. The van der Waals surface area contributed by atoms with Crippen molar-refractivity contribution >= 4 is 0 Å². The van der Waals surface area contributed by atoms with E-state index in [-0.39, 0.29) is 12.1 Å². The number of hydrogen-bond acceptors (Lipinski definition) is 1. The van der Waals surface area contributed by atoms with Crippen LogP contribution in [0.25, 0.3) is 0 Å². The zero-order chi connectivity index (χ0) is 8.43. The molecular weight excluding hydrogens is 155 g/mol. The van der Waals surface area contributed by atoms with Crippen LogP contribution >= 0.6 is 0 Å². The quantitative estimate of drug-likeness (QED) is 0.614. The molecule has 11 heavy (non-hydrogen) atoms. The molecule has 0 saturated heterocycles. The van der Waals surface area contributed by atoms with Crippen molar-refractivity contribution in [1.82, 2.24) is 4.98 Å². The summed E-state index contributed by atoms with van der Waals surface area (Å²) in [5.41, 5.74) is -0.0519. The van der Waals surface area contributed by atoms with Gasteiger partial charge < -0.3 is 0 Å². The molecule has 0 aliphatic heterocycles. The van der Waals surface area contributed by atoms with Gasteiger partial charge in [0.1, 0.15) is 0 Å². The standard InChI is InChI=1S/C7H6F3N/c1-2-5-7(10)6(9)4(8)3-11-5/h3H,2H2,1H3. The largest absolute Gasteiger partial charge is 0.255 e. The molecule has 1 aromatic rings. The first-order valence-corrected chi connectivity index (χ1v) is 3.15. The van der Waals surface area contributed by atoms with E-state index < -0.39 is 17.5 Å². The van der Waals surface area contributed by atoms with E-state index >= 15 is 0 Å². The van der Waals surface area contributed by atoms with Gasteiger partial charge in [0.05, 0.1) is 11.9 Å². The lowest BCUT2D eigenvalue weighted by atomic mass is 10.3. The van der Waals surface area contributed by atoms with Crippen molar-refractivity contribution in [1.29, 1.82) is 0 Å². The summed E-state index contributed by atoms with van der Waals surface area (Å²) >= 11 is 0. The zero-order valence-corrected chi connectivity index (χ0v) is 5.87. The highest BCUT2D eigenvalue weighted by Gasteiger charge is 2.12. The highest BCUT2D eigenvalue weighted by atomic mass is 19.2. The van der Waals surface area contributed by atoms with Gasteiger partial charge in [-0.2, -0.15) is 0 Å². The number of rotatable bonds is 1. The van der Waals surface area contributed by atoms with Crippen molar-refractivity contribution in [2.75, 3.05) is 0 Å². The van der Waals surface area contributed by atoms with E-state index in [2.05, 4.69) is 4.98 Å². The maximum atomic E-state index is 12.6. The minimum Gasteiger partial charge on any atom is -0.255 e. The van der Waals surface area contributed by atoms with Gasteiger partial charge in [-0.25, -0.2) is 13.2 Å². The Hall–Kier alpha value is -1.06. The van der Waals surface area contributed by atoms with E-state index in [1.54, 1.807) is 6.92 Å². The van der Waals surface area contributed by atoms with Gasteiger partial charge in [0.15, 0.2) is 17.5 Å². The summed E-state index contributed by atoms with van der Waals surface area (Å²) in [5, 5.41) is 0. The van der Waals surface area contributed by atoms with Crippen LogP contribution in [-0.4, -0.2) is 4.98 Å². The fraction of sp³-hybridized carbons (Fsp3) is 0.286. The monoisotopic (exact) mass is 161 g/mol. The van der Waals surface area contributed by atoms with Crippen LogP contribution in [0.3, 0.4) is 0 Å². The summed E-state index contributed by atoms with van der Waals surface area (Å²) in [7, 11) is 0. The molecule has 1 heterocycles. The SMILES string of the molecule is CCc1ncc(F)c(F)c1F. The average Bonchev–Trinajstić information content (AvgIpc) is 2.01. The normalized spacial score (nSPS) is 10.2. The van der Waals surface area contributed by atoms with Crippen LogP contribution in [-0.2, 0) is 6.42 Å². The van der Waals surface area contributed by atoms with Crippen LogP contribution in [0.4, 0.5) is 13.2 Å². The fourth-order valence-corrected chi connectivity index (χ4v) is 0.726. The molecule has 4 heteroatoms. The molecule has 0 aromatic carbocycles. The summed E-state index contributed by atoms with van der Waals surface area (Å²) in [4.78, 5) is 3.37. The molecule has 0 bridgehead atoms. The molecule has 0 aliphatic rings. The smallest absolute Gasteiger partial charge is 0.197 e. The topological polar surface area (TPSA) is 12.9 Å². The summed E-state index contributed by atoms with van der Waals surface area (Å²) in [5.74, 6) is -3.89. The van der Waals surface area contributed by atoms with E-state index in [1.807, 2.05) is 0 Å². The van der Waals surface area contributed by atoms with Gasteiger partial charge in [-0.3, -0.25) is 4.98 Å². The second-order valence-electron chi connectivity index (χ2n) is 2.03. The van der Waals surface area contributed by atoms with Crippen LogP contribution in [0.15, 0.2) is 6.20 Å². The Morgan fingerprint density at radius 2 is 1.91 bits per heavy atom. The van der Waals surface area contributed by atoms with E-state index in [0.717, 1.165) is 0 Å². The molecule has 0 unspecified atom stereocenters. The summed E-state index contributed by atoms with van der Waals surface area (Å²) in [6, 6.07) is 0. The number of nitrogens with zero attached hydrogens (tertiary/aromatic N) is 1. The van der Waals surface area contributed by atoms with Crippen molar-refractivity contribution < 1.29 is 13.2 Å². The van der Waals surface area contributed by atoms with E-state index in [1.165, 1.54) is 0 Å². The Balaban J connectivity index is 3.25. The third-order valence-corrected chi connectivity index (χ3v) is 1.32. The number of hydrogen-bond donors (Lipinski definition) is 0. The van der Waals surface area contributed by atoms with Gasteiger partial charge in [0, 0.05) is 0 Å². The van der Waals surface area contributed by atoms with Crippen molar-refractivity contribution in [3.63, 3.8) is 0 Å². The van der Waals surface area contributed by atoms with Gasteiger partial charge >= 0.3 is 0 Å².